The van der Waals surface area contributed by atoms with E-state index in [4.69, 9.17) is 4.74 Å². The fourth-order valence-corrected chi connectivity index (χ4v) is 2.47. The molecule has 0 saturated carbocycles. The van der Waals surface area contributed by atoms with Crippen LogP contribution in [-0.4, -0.2) is 18.9 Å². The van der Waals surface area contributed by atoms with Crippen LogP contribution in [0.15, 0.2) is 18.2 Å². The Bertz CT molecular complexity index is 510. The molecule has 0 aliphatic rings. The Hall–Kier alpha value is -1.71. The zero-order valence-electron chi connectivity index (χ0n) is 12.5. The first-order chi connectivity index (χ1) is 9.36. The van der Waals surface area contributed by atoms with Crippen molar-refractivity contribution in [3.8, 4) is 0 Å². The Kier molecular flexibility index (Phi) is 5.43. The zero-order valence-corrected chi connectivity index (χ0v) is 12.5. The van der Waals surface area contributed by atoms with E-state index >= 15 is 0 Å². The van der Waals surface area contributed by atoms with E-state index in [0.29, 0.717) is 17.5 Å². The van der Waals surface area contributed by atoms with E-state index in [1.54, 1.807) is 26.0 Å². The molecule has 4 heteroatoms. The molecule has 0 aliphatic carbocycles. The van der Waals surface area contributed by atoms with Crippen LogP contribution in [0.5, 0.6) is 0 Å². The number of ether oxygens (including phenoxy) is 1. The van der Waals surface area contributed by atoms with Crippen LogP contribution in [0, 0.1) is 12.7 Å². The van der Waals surface area contributed by atoms with Crippen molar-refractivity contribution in [3.05, 3.63) is 35.1 Å². The van der Waals surface area contributed by atoms with Gasteiger partial charge in [-0.3, -0.25) is 9.59 Å². The average molecular weight is 280 g/mol. The van der Waals surface area contributed by atoms with Gasteiger partial charge in [0.1, 0.15) is 11.6 Å². The first kappa shape index (κ1) is 16.3. The van der Waals surface area contributed by atoms with Crippen LogP contribution in [-0.2, 0) is 19.7 Å². The normalized spacial score (nSPS) is 13.7. The van der Waals surface area contributed by atoms with Crippen LogP contribution in [0.3, 0.4) is 0 Å². The lowest BCUT2D eigenvalue weighted by molar-refractivity contribution is -0.148. The van der Waals surface area contributed by atoms with E-state index in [0.717, 1.165) is 6.42 Å². The summed E-state index contributed by atoms with van der Waals surface area (Å²) in [5.74, 6) is -0.930. The largest absolute Gasteiger partial charge is 0.468 e. The molecule has 1 aromatic rings. The third kappa shape index (κ3) is 3.24. The highest BCUT2D eigenvalue weighted by molar-refractivity contribution is 5.91. The highest BCUT2D eigenvalue weighted by Crippen LogP contribution is 2.33. The number of halogens is 1. The maximum Gasteiger partial charge on any atom is 0.316 e. The number of methoxy groups -OCH3 is 1. The lowest BCUT2D eigenvalue weighted by atomic mass is 9.75. The van der Waals surface area contributed by atoms with Crippen LogP contribution >= 0.6 is 0 Å². The Morgan fingerprint density at radius 3 is 2.55 bits per heavy atom. The molecule has 1 aromatic carbocycles. The summed E-state index contributed by atoms with van der Waals surface area (Å²) in [6.07, 6.45) is 1.15. The number of carbonyl (C=O) groups excluding carboxylic acids is 2. The molecule has 20 heavy (non-hydrogen) atoms. The van der Waals surface area contributed by atoms with Crippen LogP contribution in [0.25, 0.3) is 0 Å². The van der Waals surface area contributed by atoms with E-state index < -0.39 is 11.4 Å². The van der Waals surface area contributed by atoms with Gasteiger partial charge in [-0.25, -0.2) is 4.39 Å². The Labute approximate surface area is 119 Å². The molecular formula is C16H21FO3. The summed E-state index contributed by atoms with van der Waals surface area (Å²) in [7, 11) is 1.28. The van der Waals surface area contributed by atoms with E-state index in [2.05, 4.69) is 0 Å². The Balaban J connectivity index is 3.27. The molecule has 110 valence electrons. The minimum atomic E-state index is -1.15. The number of carbonyl (C=O) groups is 2. The van der Waals surface area contributed by atoms with Gasteiger partial charge in [-0.2, -0.15) is 0 Å². The number of esters is 1. The molecule has 0 spiro atoms. The Morgan fingerprint density at radius 1 is 1.35 bits per heavy atom. The summed E-state index contributed by atoms with van der Waals surface area (Å²) in [4.78, 5) is 24.1. The van der Waals surface area contributed by atoms with E-state index in [9.17, 15) is 14.0 Å². The topological polar surface area (TPSA) is 43.4 Å². The summed E-state index contributed by atoms with van der Waals surface area (Å²) in [6, 6.07) is 4.56. The molecule has 0 aliphatic heterocycles. The summed E-state index contributed by atoms with van der Waals surface area (Å²) >= 11 is 0. The number of benzene rings is 1. The van der Waals surface area contributed by atoms with Gasteiger partial charge >= 0.3 is 5.97 Å². The van der Waals surface area contributed by atoms with Gasteiger partial charge in [0.05, 0.1) is 12.5 Å². The highest BCUT2D eigenvalue weighted by atomic mass is 19.1. The SMILES string of the molecule is CCCC(=O)C[C@@](C)(C(=O)OC)c1cccc(F)c1C. The second-order valence-electron chi connectivity index (χ2n) is 5.20. The van der Waals surface area contributed by atoms with E-state index in [1.165, 1.54) is 13.2 Å². The number of hydrogen-bond acceptors (Lipinski definition) is 3. The summed E-state index contributed by atoms with van der Waals surface area (Å²) in [6.45, 7) is 5.14. The van der Waals surface area contributed by atoms with E-state index in [1.807, 2.05) is 6.92 Å². The lowest BCUT2D eigenvalue weighted by Gasteiger charge is -2.28. The smallest absolute Gasteiger partial charge is 0.316 e. The summed E-state index contributed by atoms with van der Waals surface area (Å²) < 4.78 is 18.6. The molecule has 1 rings (SSSR count). The minimum absolute atomic E-state index is 0.0240. The lowest BCUT2D eigenvalue weighted by Crippen LogP contribution is -2.37. The minimum Gasteiger partial charge on any atom is -0.468 e. The molecule has 0 aromatic heterocycles. The first-order valence-electron chi connectivity index (χ1n) is 6.72. The van der Waals surface area contributed by atoms with Gasteiger partial charge in [0.25, 0.3) is 0 Å². The second-order valence-corrected chi connectivity index (χ2v) is 5.20. The average Bonchev–Trinajstić information content (AvgIpc) is 2.40. The molecule has 0 bridgehead atoms. The molecule has 1 atom stereocenters. The summed E-state index contributed by atoms with van der Waals surface area (Å²) in [5, 5.41) is 0. The standard InChI is InChI=1S/C16H21FO3/c1-5-7-12(18)10-16(3,15(19)20-4)13-8-6-9-14(17)11(13)2/h6,8-9H,5,7,10H2,1-4H3/t16-/m1/s1. The molecule has 0 heterocycles. The van der Waals surface area contributed by atoms with Crippen molar-refractivity contribution in [2.24, 2.45) is 0 Å². The predicted octanol–water partition coefficient (Wildman–Crippen LogP) is 3.32. The molecule has 0 fully saturated rings. The number of rotatable bonds is 6. The first-order valence-corrected chi connectivity index (χ1v) is 6.72. The van der Waals surface area contributed by atoms with Gasteiger partial charge in [0.15, 0.2) is 0 Å². The van der Waals surface area contributed by atoms with Gasteiger partial charge in [-0.15, -0.1) is 0 Å². The van der Waals surface area contributed by atoms with Crippen LogP contribution in [0.4, 0.5) is 4.39 Å². The molecule has 0 radical (unpaired) electrons. The molecule has 0 amide bonds. The van der Waals surface area contributed by atoms with E-state index in [-0.39, 0.29) is 18.0 Å². The number of hydrogen-bond donors (Lipinski definition) is 0. The molecule has 0 unspecified atom stereocenters. The maximum absolute atomic E-state index is 13.7. The molecular weight excluding hydrogens is 259 g/mol. The van der Waals surface area contributed by atoms with Crippen molar-refractivity contribution in [2.45, 2.75) is 45.4 Å². The molecule has 0 N–H and O–H groups in total. The zero-order chi connectivity index (χ0) is 15.3. The van der Waals surface area contributed by atoms with Crippen LogP contribution in [0.2, 0.25) is 0 Å². The van der Waals surface area contributed by atoms with Gasteiger partial charge in [0, 0.05) is 12.8 Å². The van der Waals surface area contributed by atoms with Crippen molar-refractivity contribution in [1.29, 1.82) is 0 Å². The number of Topliss-reactive ketones (excluding diaryl/α,β-unsaturated/α-hetero) is 1. The monoisotopic (exact) mass is 280 g/mol. The van der Waals surface area contributed by atoms with Gasteiger partial charge in [-0.1, -0.05) is 19.1 Å². The van der Waals surface area contributed by atoms with Crippen molar-refractivity contribution in [1.82, 2.24) is 0 Å². The third-order valence-corrected chi connectivity index (χ3v) is 3.58. The van der Waals surface area contributed by atoms with Crippen molar-refractivity contribution >= 4 is 11.8 Å². The van der Waals surface area contributed by atoms with Crippen LogP contribution < -0.4 is 0 Å². The number of ketones is 1. The fraction of sp³-hybridized carbons (Fsp3) is 0.500. The quantitative estimate of drug-likeness (QED) is 0.751. The Morgan fingerprint density at radius 2 is 2.00 bits per heavy atom. The van der Waals surface area contributed by atoms with Crippen molar-refractivity contribution < 1.29 is 18.7 Å². The maximum atomic E-state index is 13.7. The summed E-state index contributed by atoms with van der Waals surface area (Å²) in [5.41, 5.74) is -0.258. The second kappa shape index (κ2) is 6.64. The van der Waals surface area contributed by atoms with Crippen molar-refractivity contribution in [2.75, 3.05) is 7.11 Å². The van der Waals surface area contributed by atoms with Gasteiger partial charge < -0.3 is 4.74 Å². The predicted molar refractivity (Wildman–Crippen MR) is 75.0 cm³/mol. The van der Waals surface area contributed by atoms with Crippen molar-refractivity contribution in [3.63, 3.8) is 0 Å². The third-order valence-electron chi connectivity index (χ3n) is 3.58. The molecule has 0 saturated heterocycles. The highest BCUT2D eigenvalue weighted by Gasteiger charge is 2.39. The van der Waals surface area contributed by atoms with Gasteiger partial charge in [-0.05, 0) is 37.5 Å². The molecule has 3 nitrogen and oxygen atoms in total. The van der Waals surface area contributed by atoms with Gasteiger partial charge in [0.2, 0.25) is 0 Å². The fourth-order valence-electron chi connectivity index (χ4n) is 2.47. The van der Waals surface area contributed by atoms with Crippen LogP contribution in [0.1, 0.15) is 44.2 Å².